The number of nitrogens with zero attached hydrogens (tertiary/aromatic N) is 2. The van der Waals surface area contributed by atoms with Crippen LogP contribution in [0.2, 0.25) is 0 Å². The van der Waals surface area contributed by atoms with Crippen LogP contribution in [0.1, 0.15) is 6.42 Å². The monoisotopic (exact) mass is 315 g/mol. The summed E-state index contributed by atoms with van der Waals surface area (Å²) in [5.41, 5.74) is 0.741. The second-order valence-electron chi connectivity index (χ2n) is 4.03. The van der Waals surface area contributed by atoms with Gasteiger partial charge in [-0.15, -0.1) is 11.8 Å². The number of benzene rings is 1. The van der Waals surface area contributed by atoms with Crippen molar-refractivity contribution < 1.29 is 4.79 Å². The first-order chi connectivity index (χ1) is 10.3. The van der Waals surface area contributed by atoms with Crippen molar-refractivity contribution in [3.63, 3.8) is 0 Å². The first-order valence-electron chi connectivity index (χ1n) is 6.27. The van der Waals surface area contributed by atoms with E-state index in [0.717, 1.165) is 27.4 Å². The molecule has 0 saturated heterocycles. The zero-order chi connectivity index (χ0) is 14.9. The number of carbonyl (C=O) groups excluding carboxylic acids is 1. The van der Waals surface area contributed by atoms with Crippen LogP contribution < -0.4 is 5.32 Å². The van der Waals surface area contributed by atoms with E-state index >= 15 is 0 Å². The molecule has 0 atom stereocenters. The van der Waals surface area contributed by atoms with Crippen LogP contribution in [-0.4, -0.2) is 16.6 Å². The Kier molecular flexibility index (Phi) is 6.13. The summed E-state index contributed by atoms with van der Waals surface area (Å²) in [5, 5.41) is 14.3. The quantitative estimate of drug-likeness (QED) is 0.649. The van der Waals surface area contributed by atoms with Crippen molar-refractivity contribution in [2.75, 3.05) is 11.1 Å². The lowest BCUT2D eigenvalue weighted by Gasteiger charge is -2.05. The van der Waals surface area contributed by atoms with Crippen molar-refractivity contribution in [3.8, 4) is 5.40 Å². The highest BCUT2D eigenvalue weighted by Crippen LogP contribution is 2.19. The van der Waals surface area contributed by atoms with E-state index in [0.29, 0.717) is 12.2 Å². The molecule has 6 heteroatoms. The van der Waals surface area contributed by atoms with Gasteiger partial charge in [-0.1, -0.05) is 6.07 Å². The number of nitriles is 1. The first-order valence-corrected chi connectivity index (χ1v) is 8.08. The van der Waals surface area contributed by atoms with Gasteiger partial charge in [-0.05, 0) is 48.2 Å². The summed E-state index contributed by atoms with van der Waals surface area (Å²) in [6.07, 6.45) is 2.17. The number of pyridine rings is 1. The summed E-state index contributed by atoms with van der Waals surface area (Å²) in [7, 11) is 0. The molecule has 1 heterocycles. The molecule has 0 saturated carbocycles. The van der Waals surface area contributed by atoms with Crippen molar-refractivity contribution in [1.29, 1.82) is 5.26 Å². The molecular formula is C15H13N3OS2. The van der Waals surface area contributed by atoms with E-state index in [1.807, 2.05) is 35.7 Å². The van der Waals surface area contributed by atoms with Gasteiger partial charge in [-0.2, -0.15) is 5.26 Å². The van der Waals surface area contributed by atoms with Gasteiger partial charge in [0.1, 0.15) is 5.40 Å². The molecule has 0 unspecified atom stereocenters. The van der Waals surface area contributed by atoms with Crippen molar-refractivity contribution in [3.05, 3.63) is 48.7 Å². The first kappa shape index (κ1) is 15.4. The number of hydrogen-bond donors (Lipinski definition) is 1. The van der Waals surface area contributed by atoms with Crippen molar-refractivity contribution in [2.24, 2.45) is 0 Å². The molecule has 0 radical (unpaired) electrons. The summed E-state index contributed by atoms with van der Waals surface area (Å²) >= 11 is 2.65. The molecule has 0 aliphatic rings. The summed E-state index contributed by atoms with van der Waals surface area (Å²) in [6.45, 7) is 0. The molecule has 2 aromatic rings. The maximum absolute atomic E-state index is 11.8. The van der Waals surface area contributed by atoms with Gasteiger partial charge in [0.2, 0.25) is 5.91 Å². The van der Waals surface area contributed by atoms with Gasteiger partial charge in [0, 0.05) is 29.0 Å². The Balaban J connectivity index is 1.75. The molecule has 1 N–H and O–H groups in total. The van der Waals surface area contributed by atoms with E-state index < -0.39 is 0 Å². The SMILES string of the molecule is N#CSc1ccc(NC(=O)CCSc2ccccn2)cc1. The third-order valence-corrected chi connectivity index (χ3v) is 4.06. The molecule has 0 aliphatic carbocycles. The lowest BCUT2D eigenvalue weighted by atomic mass is 10.3. The number of amides is 1. The van der Waals surface area contributed by atoms with Crippen LogP contribution in [0.4, 0.5) is 5.69 Å². The minimum Gasteiger partial charge on any atom is -0.326 e. The molecule has 4 nitrogen and oxygen atoms in total. The van der Waals surface area contributed by atoms with E-state index in [1.54, 1.807) is 30.1 Å². The number of anilines is 1. The normalized spacial score (nSPS) is 9.86. The van der Waals surface area contributed by atoms with Crippen LogP contribution >= 0.6 is 23.5 Å². The zero-order valence-electron chi connectivity index (χ0n) is 11.2. The predicted molar refractivity (Wildman–Crippen MR) is 86.1 cm³/mol. The van der Waals surface area contributed by atoms with Gasteiger partial charge in [0.05, 0.1) is 5.03 Å². The Bertz CT molecular complexity index is 624. The Morgan fingerprint density at radius 2 is 2.05 bits per heavy atom. The Morgan fingerprint density at radius 1 is 1.24 bits per heavy atom. The number of thioether (sulfide) groups is 2. The minimum atomic E-state index is -0.0286. The summed E-state index contributed by atoms with van der Waals surface area (Å²) in [6, 6.07) is 12.9. The highest BCUT2D eigenvalue weighted by molar-refractivity contribution is 8.03. The van der Waals surface area contributed by atoms with E-state index in [9.17, 15) is 4.79 Å². The number of nitrogens with one attached hydrogen (secondary N) is 1. The lowest BCUT2D eigenvalue weighted by molar-refractivity contribution is -0.115. The standard InChI is InChI=1S/C15H13N3OS2/c16-11-21-13-6-4-12(5-7-13)18-14(19)8-10-20-15-3-1-2-9-17-15/h1-7,9H,8,10H2,(H,18,19). The minimum absolute atomic E-state index is 0.0286. The molecule has 21 heavy (non-hydrogen) atoms. The molecule has 0 bridgehead atoms. The summed E-state index contributed by atoms with van der Waals surface area (Å²) in [4.78, 5) is 16.9. The molecular weight excluding hydrogens is 302 g/mol. The fraction of sp³-hybridized carbons (Fsp3) is 0.133. The predicted octanol–water partition coefficient (Wildman–Crippen LogP) is 3.78. The molecule has 2 rings (SSSR count). The molecule has 1 amide bonds. The lowest BCUT2D eigenvalue weighted by Crippen LogP contribution is -2.12. The fourth-order valence-corrected chi connectivity index (χ4v) is 2.75. The number of carbonyl (C=O) groups is 1. The van der Waals surface area contributed by atoms with Crippen LogP contribution in [0.5, 0.6) is 0 Å². The average molecular weight is 315 g/mol. The molecule has 0 spiro atoms. The van der Waals surface area contributed by atoms with Crippen LogP contribution in [0.3, 0.4) is 0 Å². The van der Waals surface area contributed by atoms with E-state index in [-0.39, 0.29) is 5.91 Å². The highest BCUT2D eigenvalue weighted by Gasteiger charge is 2.03. The molecule has 1 aromatic heterocycles. The van der Waals surface area contributed by atoms with Crippen LogP contribution in [0, 0.1) is 10.7 Å². The second-order valence-corrected chi connectivity index (χ2v) is 6.01. The number of aromatic nitrogens is 1. The van der Waals surface area contributed by atoms with Gasteiger partial charge in [-0.3, -0.25) is 4.79 Å². The smallest absolute Gasteiger partial charge is 0.225 e. The highest BCUT2D eigenvalue weighted by atomic mass is 32.2. The van der Waals surface area contributed by atoms with E-state index in [2.05, 4.69) is 10.3 Å². The molecule has 0 fully saturated rings. The van der Waals surface area contributed by atoms with Crippen LogP contribution in [0.15, 0.2) is 58.6 Å². The van der Waals surface area contributed by atoms with Gasteiger partial charge >= 0.3 is 0 Å². The third kappa shape index (κ3) is 5.50. The van der Waals surface area contributed by atoms with Gasteiger partial charge < -0.3 is 5.32 Å². The Hall–Kier alpha value is -1.97. The number of thiocyanates is 1. The maximum Gasteiger partial charge on any atom is 0.225 e. The summed E-state index contributed by atoms with van der Waals surface area (Å²) in [5.74, 6) is 0.657. The number of hydrogen-bond acceptors (Lipinski definition) is 5. The molecule has 1 aromatic carbocycles. The van der Waals surface area contributed by atoms with Gasteiger partial charge in [-0.25, -0.2) is 4.98 Å². The largest absolute Gasteiger partial charge is 0.326 e. The van der Waals surface area contributed by atoms with Gasteiger partial charge in [0.15, 0.2) is 0 Å². The van der Waals surface area contributed by atoms with E-state index in [4.69, 9.17) is 5.26 Å². The Morgan fingerprint density at radius 3 is 2.71 bits per heavy atom. The zero-order valence-corrected chi connectivity index (χ0v) is 12.8. The van der Waals surface area contributed by atoms with Gasteiger partial charge in [0.25, 0.3) is 0 Å². The van der Waals surface area contributed by atoms with Crippen molar-refractivity contribution in [1.82, 2.24) is 4.98 Å². The van der Waals surface area contributed by atoms with Crippen molar-refractivity contribution >= 4 is 35.1 Å². The van der Waals surface area contributed by atoms with Crippen LogP contribution in [-0.2, 0) is 4.79 Å². The number of rotatable bonds is 6. The molecule has 0 aliphatic heterocycles. The Labute approximate surface area is 132 Å². The second kappa shape index (κ2) is 8.35. The maximum atomic E-state index is 11.8. The summed E-state index contributed by atoms with van der Waals surface area (Å²) < 4.78 is 0. The third-order valence-electron chi connectivity index (χ3n) is 2.52. The van der Waals surface area contributed by atoms with E-state index in [1.165, 1.54) is 0 Å². The van der Waals surface area contributed by atoms with Crippen molar-refractivity contribution in [2.45, 2.75) is 16.3 Å². The van der Waals surface area contributed by atoms with Crippen LogP contribution in [0.25, 0.3) is 0 Å². The topological polar surface area (TPSA) is 65.8 Å². The fourth-order valence-electron chi connectivity index (χ4n) is 1.56. The molecule has 106 valence electrons. The average Bonchev–Trinajstić information content (AvgIpc) is 2.51.